The molecule has 0 aliphatic carbocycles. The van der Waals surface area contributed by atoms with Crippen molar-refractivity contribution in [2.75, 3.05) is 19.7 Å². The first-order valence-corrected chi connectivity index (χ1v) is 3.21. The lowest BCUT2D eigenvalue weighted by molar-refractivity contribution is -0.154. The Balaban J connectivity index is 2.45. The predicted octanol–water partition coefficient (Wildman–Crippen LogP) is -1.16. The van der Waals surface area contributed by atoms with Crippen LogP contribution in [-0.4, -0.2) is 48.2 Å². The summed E-state index contributed by atoms with van der Waals surface area (Å²) in [7, 11) is 0. The first-order valence-electron chi connectivity index (χ1n) is 3.21. The lowest BCUT2D eigenvalue weighted by atomic mass is 10.3. The summed E-state index contributed by atoms with van der Waals surface area (Å²) in [5, 5.41) is 8.47. The van der Waals surface area contributed by atoms with Crippen LogP contribution in [0.15, 0.2) is 0 Å². The van der Waals surface area contributed by atoms with Crippen molar-refractivity contribution in [3.63, 3.8) is 0 Å². The molecule has 1 aliphatic heterocycles. The van der Waals surface area contributed by atoms with Gasteiger partial charge in [0.25, 0.3) is 0 Å². The second-order valence-electron chi connectivity index (χ2n) is 2.23. The molecule has 1 aliphatic rings. The third kappa shape index (κ3) is 1.91. The van der Waals surface area contributed by atoms with E-state index in [1.54, 1.807) is 6.41 Å². The highest BCUT2D eigenvalue weighted by molar-refractivity contribution is 5.73. The molecule has 1 amide bonds. The van der Waals surface area contributed by atoms with E-state index < -0.39 is 12.1 Å². The average Bonchev–Trinajstić information content (AvgIpc) is 2.05. The number of carboxylic acids is 1. The first-order chi connectivity index (χ1) is 5.24. The molecule has 1 N–H and O–H groups in total. The number of hydrogen-bond acceptors (Lipinski definition) is 3. The fourth-order valence-corrected chi connectivity index (χ4v) is 0.882. The van der Waals surface area contributed by atoms with E-state index >= 15 is 0 Å². The zero-order valence-corrected chi connectivity index (χ0v) is 5.82. The van der Waals surface area contributed by atoms with Gasteiger partial charge in [0.15, 0.2) is 6.10 Å². The van der Waals surface area contributed by atoms with Crippen molar-refractivity contribution in [3.05, 3.63) is 0 Å². The summed E-state index contributed by atoms with van der Waals surface area (Å²) >= 11 is 0. The maximum atomic E-state index is 10.3. The van der Waals surface area contributed by atoms with Crippen LogP contribution in [0.3, 0.4) is 0 Å². The summed E-state index contributed by atoms with van der Waals surface area (Å²) in [5.74, 6) is -1.04. The summed E-state index contributed by atoms with van der Waals surface area (Å²) < 4.78 is 4.85. The molecule has 1 radical (unpaired) electrons. The zero-order valence-electron chi connectivity index (χ0n) is 5.82. The van der Waals surface area contributed by atoms with Gasteiger partial charge in [0, 0.05) is 6.54 Å². The van der Waals surface area contributed by atoms with Crippen LogP contribution in [0, 0.1) is 0 Å². The van der Waals surface area contributed by atoms with Crippen molar-refractivity contribution in [2.45, 2.75) is 6.10 Å². The van der Waals surface area contributed by atoms with Gasteiger partial charge in [-0.1, -0.05) is 0 Å². The van der Waals surface area contributed by atoms with Crippen molar-refractivity contribution in [3.8, 4) is 0 Å². The molecule has 0 spiro atoms. The molecule has 0 bridgehead atoms. The van der Waals surface area contributed by atoms with Crippen molar-refractivity contribution in [2.24, 2.45) is 0 Å². The number of carbonyl (C=O) groups excluding carboxylic acids is 1. The van der Waals surface area contributed by atoms with Gasteiger partial charge >= 0.3 is 12.4 Å². The molecule has 0 aromatic heterocycles. The van der Waals surface area contributed by atoms with Gasteiger partial charge in [-0.25, -0.2) is 4.79 Å². The van der Waals surface area contributed by atoms with Crippen LogP contribution in [0.2, 0.25) is 0 Å². The molecule has 5 nitrogen and oxygen atoms in total. The largest absolute Gasteiger partial charge is 0.479 e. The zero-order chi connectivity index (χ0) is 8.27. The molecule has 61 valence electrons. The smallest absolute Gasteiger partial charge is 0.334 e. The normalized spacial score (nSPS) is 24.7. The number of amides is 1. The van der Waals surface area contributed by atoms with E-state index in [4.69, 9.17) is 9.84 Å². The summed E-state index contributed by atoms with van der Waals surface area (Å²) in [5.41, 5.74) is 0. The van der Waals surface area contributed by atoms with Gasteiger partial charge in [0.1, 0.15) is 0 Å². The second kappa shape index (κ2) is 3.34. The Morgan fingerprint density at radius 2 is 2.45 bits per heavy atom. The number of rotatable bonds is 2. The van der Waals surface area contributed by atoms with Gasteiger partial charge in [0.2, 0.25) is 0 Å². The standard InChI is InChI=1S/C6H8NO4/c8-4-7-1-2-11-5(3-7)6(9)10/h5H,1-3H2,(H,9,10). The van der Waals surface area contributed by atoms with Gasteiger partial charge < -0.3 is 14.7 Å². The number of hydrogen-bond donors (Lipinski definition) is 1. The quantitative estimate of drug-likeness (QED) is 0.550. The molecule has 1 atom stereocenters. The van der Waals surface area contributed by atoms with Crippen LogP contribution in [0.1, 0.15) is 0 Å². The molecule has 1 heterocycles. The number of aliphatic carboxylic acids is 1. The Hall–Kier alpha value is -1.10. The highest BCUT2D eigenvalue weighted by Crippen LogP contribution is 2.02. The molecule has 0 aromatic rings. The number of carbonyl (C=O) groups is 1. The van der Waals surface area contributed by atoms with E-state index in [1.165, 1.54) is 4.90 Å². The maximum Gasteiger partial charge on any atom is 0.334 e. The number of carboxylic acid groups (broad SMARTS) is 1. The van der Waals surface area contributed by atoms with Crippen molar-refractivity contribution in [1.82, 2.24) is 4.90 Å². The van der Waals surface area contributed by atoms with Crippen LogP contribution in [0.4, 0.5) is 0 Å². The summed E-state index contributed by atoms with van der Waals surface area (Å²) in [6, 6.07) is 0. The van der Waals surface area contributed by atoms with E-state index in [0.29, 0.717) is 6.54 Å². The molecule has 5 heteroatoms. The molecular weight excluding hydrogens is 150 g/mol. The van der Waals surface area contributed by atoms with Gasteiger partial charge in [-0.15, -0.1) is 0 Å². The van der Waals surface area contributed by atoms with Gasteiger partial charge in [0.05, 0.1) is 13.2 Å². The fourth-order valence-electron chi connectivity index (χ4n) is 0.882. The van der Waals surface area contributed by atoms with Crippen LogP contribution >= 0.6 is 0 Å². The lowest BCUT2D eigenvalue weighted by Gasteiger charge is -2.26. The maximum absolute atomic E-state index is 10.3. The Bertz CT molecular complexity index is 170. The highest BCUT2D eigenvalue weighted by Gasteiger charge is 2.25. The van der Waals surface area contributed by atoms with Crippen LogP contribution in [0.25, 0.3) is 0 Å². The highest BCUT2D eigenvalue weighted by atomic mass is 16.5. The van der Waals surface area contributed by atoms with Crippen LogP contribution < -0.4 is 0 Å². The summed E-state index contributed by atoms with van der Waals surface area (Å²) in [4.78, 5) is 21.7. The van der Waals surface area contributed by atoms with Gasteiger partial charge in [-0.2, -0.15) is 0 Å². The minimum atomic E-state index is -1.04. The van der Waals surface area contributed by atoms with Crippen molar-refractivity contribution in [1.29, 1.82) is 0 Å². The van der Waals surface area contributed by atoms with Crippen LogP contribution in [0.5, 0.6) is 0 Å². The minimum absolute atomic E-state index is 0.0961. The van der Waals surface area contributed by atoms with E-state index in [9.17, 15) is 9.59 Å². The molecule has 0 saturated carbocycles. The van der Waals surface area contributed by atoms with Crippen molar-refractivity contribution < 1.29 is 19.4 Å². The minimum Gasteiger partial charge on any atom is -0.479 e. The van der Waals surface area contributed by atoms with E-state index in [1.807, 2.05) is 0 Å². The molecular formula is C6H8NO4. The molecule has 1 rings (SSSR count). The third-order valence-corrected chi connectivity index (χ3v) is 1.47. The van der Waals surface area contributed by atoms with E-state index in [-0.39, 0.29) is 13.2 Å². The summed E-state index contributed by atoms with van der Waals surface area (Å²) in [6.07, 6.45) is 0.745. The first kappa shape index (κ1) is 8.00. The molecule has 1 fully saturated rings. The third-order valence-electron chi connectivity index (χ3n) is 1.47. The van der Waals surface area contributed by atoms with E-state index in [0.717, 1.165) is 0 Å². The topological polar surface area (TPSA) is 66.8 Å². The predicted molar refractivity (Wildman–Crippen MR) is 34.6 cm³/mol. The fraction of sp³-hybridized carbons (Fsp3) is 0.667. The molecule has 0 aromatic carbocycles. The second-order valence-corrected chi connectivity index (χ2v) is 2.23. The van der Waals surface area contributed by atoms with Gasteiger partial charge in [-0.05, 0) is 0 Å². The Kier molecular flexibility index (Phi) is 2.43. The van der Waals surface area contributed by atoms with E-state index in [2.05, 4.69) is 0 Å². The molecule has 11 heavy (non-hydrogen) atoms. The number of morpholine rings is 1. The lowest BCUT2D eigenvalue weighted by Crippen LogP contribution is -2.45. The Morgan fingerprint density at radius 3 is 3.00 bits per heavy atom. The Labute approximate surface area is 63.5 Å². The monoisotopic (exact) mass is 158 g/mol. The van der Waals surface area contributed by atoms with Crippen LogP contribution in [-0.2, 0) is 14.3 Å². The molecule has 1 unspecified atom stereocenters. The Morgan fingerprint density at radius 1 is 1.73 bits per heavy atom. The number of ether oxygens (including phenoxy) is 1. The summed E-state index contributed by atoms with van der Waals surface area (Å²) in [6.45, 7) is 0.790. The molecule has 1 saturated heterocycles. The van der Waals surface area contributed by atoms with Crippen molar-refractivity contribution >= 4 is 12.4 Å². The number of nitrogens with zero attached hydrogens (tertiary/aromatic N) is 1. The van der Waals surface area contributed by atoms with Gasteiger partial charge in [-0.3, -0.25) is 4.79 Å². The SMILES string of the molecule is O=[C]N1CCOC(C(=O)O)C1. The average molecular weight is 158 g/mol.